The lowest BCUT2D eigenvalue weighted by atomic mass is 10.2. The molecule has 0 saturated carbocycles. The predicted molar refractivity (Wildman–Crippen MR) is 112 cm³/mol. The zero-order valence-corrected chi connectivity index (χ0v) is 16.9. The van der Waals surface area contributed by atoms with Gasteiger partial charge in [-0.3, -0.25) is 4.79 Å². The van der Waals surface area contributed by atoms with Gasteiger partial charge in [0.2, 0.25) is 5.82 Å². The number of nitrogens with two attached hydrogens (primary N) is 1. The maximum absolute atomic E-state index is 13.6. The molecule has 1 heterocycles. The Hall–Kier alpha value is -2.97. The van der Waals surface area contributed by atoms with Crippen molar-refractivity contribution in [1.29, 1.82) is 0 Å². The monoisotopic (exact) mass is 419 g/mol. The molecule has 154 valence electrons. The lowest BCUT2D eigenvalue weighted by Crippen LogP contribution is -2.14. The summed E-state index contributed by atoms with van der Waals surface area (Å²) in [4.78, 5) is 16.9. The number of hydrogen-bond acceptors (Lipinski definition) is 5. The topological polar surface area (TPSA) is 95.1 Å². The molecule has 0 bridgehead atoms. The van der Waals surface area contributed by atoms with Gasteiger partial charge in [-0.25, -0.2) is 14.1 Å². The number of aromatic nitrogens is 3. The highest BCUT2D eigenvalue weighted by atomic mass is 35.5. The van der Waals surface area contributed by atoms with Crippen LogP contribution in [0.4, 0.5) is 10.1 Å². The number of rotatable bonds is 7. The van der Waals surface area contributed by atoms with Crippen molar-refractivity contribution < 1.29 is 13.9 Å². The van der Waals surface area contributed by atoms with Crippen molar-refractivity contribution in [2.45, 2.75) is 19.8 Å². The fourth-order valence-electron chi connectivity index (χ4n) is 2.59. The molecule has 1 amide bonds. The molecule has 7 nitrogen and oxygen atoms in total. The molecule has 3 N–H and O–H groups in total. The maximum atomic E-state index is 13.6. The van der Waals surface area contributed by atoms with Gasteiger partial charge in [0, 0.05) is 18.2 Å². The van der Waals surface area contributed by atoms with E-state index in [1.807, 2.05) is 13.8 Å². The van der Waals surface area contributed by atoms with E-state index in [1.165, 1.54) is 16.8 Å². The largest absolute Gasteiger partial charge is 0.492 e. The zero-order valence-electron chi connectivity index (χ0n) is 16.1. The van der Waals surface area contributed by atoms with E-state index in [2.05, 4.69) is 15.4 Å². The Bertz CT molecular complexity index is 960. The van der Waals surface area contributed by atoms with E-state index >= 15 is 0 Å². The van der Waals surface area contributed by atoms with Gasteiger partial charge in [0.1, 0.15) is 24.0 Å². The lowest BCUT2D eigenvalue weighted by molar-refractivity contribution is 0.101. The SMILES string of the molecule is CC(C)c1nc(C(=O)Nc2ccc(OCCN)cc2)nn1-c1cccc(F)c1.Cl. The molecule has 0 aliphatic heterocycles. The lowest BCUT2D eigenvalue weighted by Gasteiger charge is -2.07. The van der Waals surface area contributed by atoms with E-state index in [0.29, 0.717) is 36.1 Å². The number of halogens is 2. The van der Waals surface area contributed by atoms with Gasteiger partial charge in [-0.2, -0.15) is 0 Å². The van der Waals surface area contributed by atoms with E-state index in [9.17, 15) is 9.18 Å². The van der Waals surface area contributed by atoms with E-state index in [4.69, 9.17) is 10.5 Å². The van der Waals surface area contributed by atoms with Crippen molar-refractivity contribution >= 4 is 24.0 Å². The molecule has 3 aromatic rings. The van der Waals surface area contributed by atoms with Crippen LogP contribution in [0.2, 0.25) is 0 Å². The molecule has 0 atom stereocenters. The van der Waals surface area contributed by atoms with Crippen molar-refractivity contribution in [3.8, 4) is 11.4 Å². The second kappa shape index (κ2) is 9.99. The summed E-state index contributed by atoms with van der Waals surface area (Å²) >= 11 is 0. The van der Waals surface area contributed by atoms with E-state index < -0.39 is 5.91 Å². The number of carbonyl (C=O) groups is 1. The summed E-state index contributed by atoms with van der Waals surface area (Å²) in [6, 6.07) is 12.9. The quantitative estimate of drug-likeness (QED) is 0.610. The van der Waals surface area contributed by atoms with Crippen molar-refractivity contribution in [3.05, 3.63) is 66.0 Å². The molecule has 1 aromatic heterocycles. The van der Waals surface area contributed by atoms with Crippen LogP contribution in [0.1, 0.15) is 36.2 Å². The highest BCUT2D eigenvalue weighted by Crippen LogP contribution is 2.20. The van der Waals surface area contributed by atoms with Gasteiger partial charge in [0.05, 0.1) is 5.69 Å². The fourth-order valence-corrected chi connectivity index (χ4v) is 2.59. The predicted octanol–water partition coefficient (Wildman–Crippen LogP) is 3.54. The number of benzene rings is 2. The summed E-state index contributed by atoms with van der Waals surface area (Å²) in [7, 11) is 0. The zero-order chi connectivity index (χ0) is 20.1. The normalized spacial score (nSPS) is 10.5. The standard InChI is InChI=1S/C20H22FN5O2.ClH/c1-13(2)19-24-18(25-26(19)16-5-3-4-14(21)12-16)20(27)23-15-6-8-17(9-7-15)28-11-10-22;/h3-9,12-13H,10-11,22H2,1-2H3,(H,23,27);1H. The summed E-state index contributed by atoms with van der Waals surface area (Å²) in [5.41, 5.74) is 6.50. The third kappa shape index (κ3) is 5.52. The molecule has 0 unspecified atom stereocenters. The smallest absolute Gasteiger partial charge is 0.295 e. The van der Waals surface area contributed by atoms with Crippen LogP contribution < -0.4 is 15.8 Å². The Morgan fingerprint density at radius 1 is 1.24 bits per heavy atom. The van der Waals surface area contributed by atoms with Crippen molar-refractivity contribution in [2.75, 3.05) is 18.5 Å². The number of nitrogens with one attached hydrogen (secondary N) is 1. The number of hydrogen-bond donors (Lipinski definition) is 2. The van der Waals surface area contributed by atoms with Crippen LogP contribution >= 0.6 is 12.4 Å². The first-order valence-electron chi connectivity index (χ1n) is 8.95. The van der Waals surface area contributed by atoms with Gasteiger partial charge >= 0.3 is 0 Å². The molecule has 9 heteroatoms. The summed E-state index contributed by atoms with van der Waals surface area (Å²) in [6.45, 7) is 4.71. The van der Waals surface area contributed by atoms with Crippen LogP contribution in [-0.2, 0) is 0 Å². The minimum Gasteiger partial charge on any atom is -0.492 e. The van der Waals surface area contributed by atoms with Gasteiger partial charge in [-0.1, -0.05) is 19.9 Å². The number of carbonyl (C=O) groups excluding carboxylic acids is 1. The first-order valence-corrected chi connectivity index (χ1v) is 8.95. The van der Waals surface area contributed by atoms with Crippen molar-refractivity contribution in [1.82, 2.24) is 14.8 Å². The first-order chi connectivity index (χ1) is 13.5. The van der Waals surface area contributed by atoms with Crippen molar-refractivity contribution in [3.63, 3.8) is 0 Å². The average molecular weight is 420 g/mol. The molecule has 0 radical (unpaired) electrons. The first kappa shape index (κ1) is 22.3. The van der Waals surface area contributed by atoms with Crippen LogP contribution in [0.15, 0.2) is 48.5 Å². The third-order valence-electron chi connectivity index (χ3n) is 3.90. The Kier molecular flexibility index (Phi) is 7.69. The van der Waals surface area contributed by atoms with Crippen molar-refractivity contribution in [2.24, 2.45) is 5.73 Å². The second-order valence-electron chi connectivity index (χ2n) is 6.46. The highest BCUT2D eigenvalue weighted by molar-refractivity contribution is 6.01. The summed E-state index contributed by atoms with van der Waals surface area (Å²) in [5.74, 6) is 0.409. The fraction of sp³-hybridized carbons (Fsp3) is 0.250. The molecular formula is C20H23ClFN5O2. The van der Waals surface area contributed by atoms with Gasteiger partial charge in [-0.15, -0.1) is 17.5 Å². The molecule has 2 aromatic carbocycles. The van der Waals surface area contributed by atoms with E-state index in [1.54, 1.807) is 36.4 Å². The van der Waals surface area contributed by atoms with Crippen LogP contribution in [0.3, 0.4) is 0 Å². The van der Waals surface area contributed by atoms with Gasteiger partial charge in [-0.05, 0) is 42.5 Å². The molecule has 0 aliphatic carbocycles. The van der Waals surface area contributed by atoms with Crippen LogP contribution in [0.5, 0.6) is 5.75 Å². The Morgan fingerprint density at radius 3 is 2.59 bits per heavy atom. The molecule has 0 spiro atoms. The van der Waals surface area contributed by atoms with Gasteiger partial charge < -0.3 is 15.8 Å². The molecule has 0 fully saturated rings. The molecule has 3 rings (SSSR count). The van der Waals surface area contributed by atoms with Crippen LogP contribution in [0, 0.1) is 5.82 Å². The molecule has 0 aliphatic rings. The van der Waals surface area contributed by atoms with Gasteiger partial charge in [0.15, 0.2) is 0 Å². The molecular weight excluding hydrogens is 397 g/mol. The Balaban J connectivity index is 0.00000300. The number of anilines is 1. The van der Waals surface area contributed by atoms with Crippen LogP contribution in [-0.4, -0.2) is 33.8 Å². The number of nitrogens with zero attached hydrogens (tertiary/aromatic N) is 3. The van der Waals surface area contributed by atoms with E-state index in [0.717, 1.165) is 0 Å². The summed E-state index contributed by atoms with van der Waals surface area (Å²) < 4.78 is 20.5. The maximum Gasteiger partial charge on any atom is 0.295 e. The summed E-state index contributed by atoms with van der Waals surface area (Å²) in [6.07, 6.45) is 0. The third-order valence-corrected chi connectivity index (χ3v) is 3.90. The molecule has 0 saturated heterocycles. The molecule has 29 heavy (non-hydrogen) atoms. The average Bonchev–Trinajstić information content (AvgIpc) is 3.13. The number of amides is 1. The Morgan fingerprint density at radius 2 is 1.97 bits per heavy atom. The number of ether oxygens (including phenoxy) is 1. The minimum absolute atomic E-state index is 0. The minimum atomic E-state index is -0.451. The summed E-state index contributed by atoms with van der Waals surface area (Å²) in [5, 5.41) is 7.04. The second-order valence-corrected chi connectivity index (χ2v) is 6.46. The van der Waals surface area contributed by atoms with E-state index in [-0.39, 0.29) is 30.0 Å². The van der Waals surface area contributed by atoms with Crippen LogP contribution in [0.25, 0.3) is 5.69 Å². The highest BCUT2D eigenvalue weighted by Gasteiger charge is 2.20. The Labute approximate surface area is 174 Å². The van der Waals surface area contributed by atoms with Gasteiger partial charge in [0.25, 0.3) is 5.91 Å².